The van der Waals surface area contributed by atoms with Gasteiger partial charge in [-0.05, 0) is 46.0 Å². The van der Waals surface area contributed by atoms with Gasteiger partial charge in [0, 0.05) is 22.6 Å². The molecule has 0 saturated heterocycles. The molecule has 0 bridgehead atoms. The third-order valence-corrected chi connectivity index (χ3v) is 3.76. The first-order chi connectivity index (χ1) is 8.67. The maximum absolute atomic E-state index is 11.9. The zero-order valence-electron chi connectivity index (χ0n) is 11.5. The van der Waals surface area contributed by atoms with E-state index in [1.165, 1.54) is 0 Å². The fourth-order valence-electron chi connectivity index (χ4n) is 1.88. The minimum absolute atomic E-state index is 0.0878. The van der Waals surface area contributed by atoms with E-state index in [-0.39, 0.29) is 17.4 Å². The summed E-state index contributed by atoms with van der Waals surface area (Å²) in [6.07, 6.45) is 1.12. The van der Waals surface area contributed by atoms with Gasteiger partial charge in [0.15, 0.2) is 0 Å². The summed E-state index contributed by atoms with van der Waals surface area (Å²) >= 11 is 9.27. The third kappa shape index (κ3) is 6.41. The summed E-state index contributed by atoms with van der Waals surface area (Å²) in [6, 6.07) is 5.17. The fraction of sp³-hybridized carbons (Fsp3) is 0.500. The number of hydrogen-bond donors (Lipinski definition) is 2. The normalized spacial score (nSPS) is 13.2. The molecule has 0 fully saturated rings. The van der Waals surface area contributed by atoms with E-state index in [4.69, 9.17) is 17.3 Å². The number of carbonyl (C=O) groups excluding carboxylic acids is 1. The standard InChI is InChI=1S/C14H20BrClN2O/c1-14(2,3)8-9(17)6-13(19)18-10-4-5-11(15)12(16)7-10/h4-5,7,9H,6,8,17H2,1-3H3,(H,18,19). The SMILES string of the molecule is CC(C)(C)CC(N)CC(=O)Nc1ccc(Br)c(Cl)c1. The van der Waals surface area contributed by atoms with Crippen molar-refractivity contribution in [2.45, 2.75) is 39.7 Å². The number of nitrogens with two attached hydrogens (primary N) is 1. The van der Waals surface area contributed by atoms with E-state index in [9.17, 15) is 4.79 Å². The van der Waals surface area contributed by atoms with Crippen molar-refractivity contribution >= 4 is 39.1 Å². The van der Waals surface area contributed by atoms with Gasteiger partial charge in [-0.25, -0.2) is 0 Å². The number of halogens is 2. The summed E-state index contributed by atoms with van der Waals surface area (Å²) in [4.78, 5) is 11.9. The lowest BCUT2D eigenvalue weighted by Gasteiger charge is -2.22. The Bertz CT molecular complexity index is 457. The molecule has 1 aromatic carbocycles. The molecule has 1 unspecified atom stereocenters. The molecule has 0 aliphatic rings. The molecule has 0 aromatic heterocycles. The van der Waals surface area contributed by atoms with Crippen LogP contribution in [0.3, 0.4) is 0 Å². The van der Waals surface area contributed by atoms with Crippen LogP contribution in [0.25, 0.3) is 0 Å². The van der Waals surface area contributed by atoms with Crippen molar-refractivity contribution in [3.8, 4) is 0 Å². The number of nitrogens with one attached hydrogen (secondary N) is 1. The van der Waals surface area contributed by atoms with Gasteiger partial charge < -0.3 is 11.1 Å². The van der Waals surface area contributed by atoms with Crippen LogP contribution in [0.15, 0.2) is 22.7 Å². The number of carbonyl (C=O) groups is 1. The Hall–Kier alpha value is -0.580. The molecule has 1 atom stereocenters. The van der Waals surface area contributed by atoms with Crippen LogP contribution >= 0.6 is 27.5 Å². The molecule has 1 amide bonds. The van der Waals surface area contributed by atoms with Crippen molar-refractivity contribution in [1.29, 1.82) is 0 Å². The van der Waals surface area contributed by atoms with Crippen molar-refractivity contribution in [2.24, 2.45) is 11.1 Å². The molecule has 0 radical (unpaired) electrons. The average Bonchev–Trinajstić information content (AvgIpc) is 2.20. The van der Waals surface area contributed by atoms with Gasteiger partial charge in [-0.1, -0.05) is 32.4 Å². The van der Waals surface area contributed by atoms with Crippen LogP contribution in [-0.4, -0.2) is 11.9 Å². The summed E-state index contributed by atoms with van der Waals surface area (Å²) < 4.78 is 0.802. The first-order valence-electron chi connectivity index (χ1n) is 6.18. The van der Waals surface area contributed by atoms with Crippen LogP contribution in [0, 0.1) is 5.41 Å². The Balaban J connectivity index is 2.53. The molecule has 5 heteroatoms. The summed E-state index contributed by atoms with van der Waals surface area (Å²) in [6.45, 7) is 6.33. The molecule has 0 saturated carbocycles. The molecule has 3 N–H and O–H groups in total. The smallest absolute Gasteiger partial charge is 0.225 e. The number of amides is 1. The topological polar surface area (TPSA) is 55.1 Å². The molecular formula is C14H20BrClN2O. The van der Waals surface area contributed by atoms with E-state index in [0.29, 0.717) is 17.1 Å². The van der Waals surface area contributed by atoms with Gasteiger partial charge in [-0.2, -0.15) is 0 Å². The van der Waals surface area contributed by atoms with Crippen LogP contribution in [0.4, 0.5) is 5.69 Å². The van der Waals surface area contributed by atoms with E-state index < -0.39 is 0 Å². The van der Waals surface area contributed by atoms with Crippen LogP contribution in [0.5, 0.6) is 0 Å². The van der Waals surface area contributed by atoms with E-state index in [1.54, 1.807) is 18.2 Å². The molecule has 0 spiro atoms. The largest absolute Gasteiger partial charge is 0.327 e. The zero-order chi connectivity index (χ0) is 14.6. The second kappa shape index (κ2) is 6.73. The lowest BCUT2D eigenvalue weighted by Crippen LogP contribution is -2.31. The van der Waals surface area contributed by atoms with E-state index in [1.807, 2.05) is 0 Å². The van der Waals surface area contributed by atoms with Gasteiger partial charge in [0.05, 0.1) is 5.02 Å². The second-order valence-electron chi connectivity index (χ2n) is 5.91. The Morgan fingerprint density at radius 1 is 1.47 bits per heavy atom. The van der Waals surface area contributed by atoms with E-state index >= 15 is 0 Å². The van der Waals surface area contributed by atoms with Crippen LogP contribution in [0.2, 0.25) is 5.02 Å². The van der Waals surface area contributed by atoms with E-state index in [2.05, 4.69) is 42.0 Å². The first-order valence-corrected chi connectivity index (χ1v) is 7.35. The predicted octanol–water partition coefficient (Wildman–Crippen LogP) is 4.19. The first kappa shape index (κ1) is 16.5. The van der Waals surface area contributed by atoms with Gasteiger partial charge >= 0.3 is 0 Å². The van der Waals surface area contributed by atoms with Crippen molar-refractivity contribution in [3.63, 3.8) is 0 Å². The molecule has 19 heavy (non-hydrogen) atoms. The molecule has 0 aliphatic carbocycles. The number of benzene rings is 1. The number of hydrogen-bond acceptors (Lipinski definition) is 2. The summed E-state index contributed by atoms with van der Waals surface area (Å²) in [5, 5.41) is 3.37. The van der Waals surface area contributed by atoms with Crippen molar-refractivity contribution in [3.05, 3.63) is 27.7 Å². The Morgan fingerprint density at radius 2 is 2.11 bits per heavy atom. The van der Waals surface area contributed by atoms with Gasteiger partial charge in [0.25, 0.3) is 0 Å². The fourth-order valence-corrected chi connectivity index (χ4v) is 2.31. The molecular weight excluding hydrogens is 328 g/mol. The van der Waals surface area contributed by atoms with Crippen LogP contribution < -0.4 is 11.1 Å². The monoisotopic (exact) mass is 346 g/mol. The second-order valence-corrected chi connectivity index (χ2v) is 7.17. The summed E-state index contributed by atoms with van der Waals surface area (Å²) in [7, 11) is 0. The van der Waals surface area contributed by atoms with Crippen molar-refractivity contribution in [1.82, 2.24) is 0 Å². The van der Waals surface area contributed by atoms with E-state index in [0.717, 1.165) is 10.9 Å². The zero-order valence-corrected chi connectivity index (χ0v) is 13.8. The quantitative estimate of drug-likeness (QED) is 0.858. The Labute approximate surface area is 128 Å². The Kier molecular flexibility index (Phi) is 5.83. The third-order valence-electron chi connectivity index (χ3n) is 2.53. The lowest BCUT2D eigenvalue weighted by atomic mass is 9.87. The molecule has 3 nitrogen and oxygen atoms in total. The summed E-state index contributed by atoms with van der Waals surface area (Å²) in [5.41, 5.74) is 6.78. The van der Waals surface area contributed by atoms with Gasteiger partial charge in [0.1, 0.15) is 0 Å². The summed E-state index contributed by atoms with van der Waals surface area (Å²) in [5.74, 6) is -0.0878. The number of anilines is 1. The van der Waals surface area contributed by atoms with Crippen LogP contribution in [0.1, 0.15) is 33.6 Å². The average molecular weight is 348 g/mol. The molecule has 0 aliphatic heterocycles. The van der Waals surface area contributed by atoms with Crippen molar-refractivity contribution < 1.29 is 4.79 Å². The number of rotatable bonds is 4. The van der Waals surface area contributed by atoms with Gasteiger partial charge in [-0.3, -0.25) is 4.79 Å². The highest BCUT2D eigenvalue weighted by atomic mass is 79.9. The van der Waals surface area contributed by atoms with Gasteiger partial charge in [0.2, 0.25) is 5.91 Å². The maximum Gasteiger partial charge on any atom is 0.225 e. The maximum atomic E-state index is 11.9. The minimum atomic E-state index is -0.133. The highest BCUT2D eigenvalue weighted by Crippen LogP contribution is 2.26. The highest BCUT2D eigenvalue weighted by molar-refractivity contribution is 9.10. The van der Waals surface area contributed by atoms with Crippen LogP contribution in [-0.2, 0) is 4.79 Å². The highest BCUT2D eigenvalue weighted by Gasteiger charge is 2.18. The van der Waals surface area contributed by atoms with Gasteiger partial charge in [-0.15, -0.1) is 0 Å². The molecule has 1 aromatic rings. The Morgan fingerprint density at radius 3 is 2.63 bits per heavy atom. The molecule has 1 rings (SSSR count). The van der Waals surface area contributed by atoms with Crippen molar-refractivity contribution in [2.75, 3.05) is 5.32 Å². The minimum Gasteiger partial charge on any atom is -0.327 e. The lowest BCUT2D eigenvalue weighted by molar-refractivity contribution is -0.116. The predicted molar refractivity (Wildman–Crippen MR) is 84.4 cm³/mol. The molecule has 0 heterocycles. The molecule has 106 valence electrons.